The molecular formula is C34H38O5. The number of hydrogen-bond donors (Lipinski definition) is 0. The summed E-state index contributed by atoms with van der Waals surface area (Å²) in [5.41, 5.74) is 7.75. The molecule has 0 atom stereocenters. The molecule has 0 saturated heterocycles. The Morgan fingerprint density at radius 3 is 0.692 bits per heavy atom. The van der Waals surface area contributed by atoms with Gasteiger partial charge in [-0.25, -0.2) is 4.74 Å². The van der Waals surface area contributed by atoms with Crippen LogP contribution in [0.15, 0.2) is 72.8 Å². The van der Waals surface area contributed by atoms with Gasteiger partial charge in [-0.15, -0.1) is 0 Å². The molecule has 4 rings (SSSR count). The summed E-state index contributed by atoms with van der Waals surface area (Å²) < 4.78 is 32.1. The Kier molecular flexibility index (Phi) is 8.82. The van der Waals surface area contributed by atoms with Crippen molar-refractivity contribution >= 4 is 0 Å². The normalized spacial score (nSPS) is 11.1. The quantitative estimate of drug-likeness (QED) is 0.194. The molecule has 0 aliphatic heterocycles. The van der Waals surface area contributed by atoms with Gasteiger partial charge in [-0.2, -0.15) is 0 Å². The highest BCUT2D eigenvalue weighted by Gasteiger charge is 2.27. The van der Waals surface area contributed by atoms with Crippen molar-refractivity contribution in [2.75, 3.05) is 0 Å². The number of benzene rings is 4. The minimum atomic E-state index is -1.16. The Hall–Kier alpha value is -3.96. The highest BCUT2D eigenvalue weighted by atomic mass is 16.9. The van der Waals surface area contributed by atoms with Gasteiger partial charge in [0.1, 0.15) is 23.0 Å². The monoisotopic (exact) mass is 526 g/mol. The van der Waals surface area contributed by atoms with E-state index in [9.17, 15) is 0 Å². The molecule has 0 aromatic heterocycles. The third-order valence-corrected chi connectivity index (χ3v) is 6.71. The number of aryl methyl sites for hydroxylation is 8. The first-order valence-electron chi connectivity index (χ1n) is 13.2. The molecule has 5 heteroatoms. The molecule has 0 bridgehead atoms. The molecule has 39 heavy (non-hydrogen) atoms. The summed E-state index contributed by atoms with van der Waals surface area (Å²) in [5, 5.41) is 0. The third kappa shape index (κ3) is 6.73. The van der Waals surface area contributed by atoms with Gasteiger partial charge in [0, 0.05) is 0 Å². The van der Waals surface area contributed by atoms with Gasteiger partial charge in [-0.05, 0) is 99.9 Å². The van der Waals surface area contributed by atoms with Crippen molar-refractivity contribution in [1.29, 1.82) is 0 Å². The summed E-state index contributed by atoms with van der Waals surface area (Å²) in [6.45, 7) is 13.6. The minimum absolute atomic E-state index is 0.687. The number of ether oxygens (including phenoxy) is 5. The topological polar surface area (TPSA) is 46.2 Å². The molecule has 0 fully saturated rings. The molecule has 0 aliphatic rings. The number of para-hydroxylation sites is 4. The van der Waals surface area contributed by atoms with Crippen LogP contribution in [0, 0.1) is 55.4 Å². The molecule has 0 aliphatic carbocycles. The zero-order chi connectivity index (χ0) is 28.1. The SMILES string of the molecule is Cc1cccc(C)c1OC(Oc1c(C)cccc1C)OC(Oc1c(C)cccc1C)Oc1c(C)cccc1C. The zero-order valence-electron chi connectivity index (χ0n) is 24.1. The lowest BCUT2D eigenvalue weighted by atomic mass is 10.1. The largest absolute Gasteiger partial charge is 0.431 e. The molecule has 204 valence electrons. The van der Waals surface area contributed by atoms with E-state index < -0.39 is 13.0 Å². The van der Waals surface area contributed by atoms with Crippen molar-refractivity contribution in [3.63, 3.8) is 0 Å². The maximum absolute atomic E-state index is 6.42. The first-order chi connectivity index (χ1) is 18.6. The van der Waals surface area contributed by atoms with E-state index in [4.69, 9.17) is 23.7 Å². The molecule has 0 N–H and O–H groups in total. The van der Waals surface area contributed by atoms with Crippen molar-refractivity contribution in [2.45, 2.75) is 68.3 Å². The van der Waals surface area contributed by atoms with Gasteiger partial charge in [0.25, 0.3) is 0 Å². The lowest BCUT2D eigenvalue weighted by molar-refractivity contribution is -0.316. The van der Waals surface area contributed by atoms with E-state index in [1.54, 1.807) is 0 Å². The van der Waals surface area contributed by atoms with Crippen LogP contribution in [-0.4, -0.2) is 13.0 Å². The summed E-state index contributed by atoms with van der Waals surface area (Å²) >= 11 is 0. The molecule has 0 saturated carbocycles. The van der Waals surface area contributed by atoms with E-state index in [-0.39, 0.29) is 0 Å². The second-order valence-electron chi connectivity index (χ2n) is 10.1. The van der Waals surface area contributed by atoms with Gasteiger partial charge in [0.2, 0.25) is 0 Å². The van der Waals surface area contributed by atoms with Crippen LogP contribution in [0.4, 0.5) is 0 Å². The van der Waals surface area contributed by atoms with Crippen LogP contribution in [0.5, 0.6) is 23.0 Å². The predicted molar refractivity (Wildman–Crippen MR) is 155 cm³/mol. The number of rotatable bonds is 10. The molecule has 0 heterocycles. The van der Waals surface area contributed by atoms with E-state index in [2.05, 4.69) is 0 Å². The van der Waals surface area contributed by atoms with E-state index in [0.717, 1.165) is 44.5 Å². The summed E-state index contributed by atoms with van der Waals surface area (Å²) in [5.74, 6) is 2.75. The maximum Gasteiger partial charge on any atom is 0.366 e. The second kappa shape index (κ2) is 12.3. The van der Waals surface area contributed by atoms with E-state index >= 15 is 0 Å². The molecule has 0 amide bonds. The van der Waals surface area contributed by atoms with Gasteiger partial charge in [-0.3, -0.25) is 0 Å². The molecule has 4 aromatic rings. The van der Waals surface area contributed by atoms with Gasteiger partial charge < -0.3 is 18.9 Å². The summed E-state index contributed by atoms with van der Waals surface area (Å²) in [6.07, 6.45) is 0. The van der Waals surface area contributed by atoms with Crippen LogP contribution in [0.2, 0.25) is 0 Å². The van der Waals surface area contributed by atoms with Crippen LogP contribution in [0.1, 0.15) is 44.5 Å². The second-order valence-corrected chi connectivity index (χ2v) is 10.1. The van der Waals surface area contributed by atoms with Crippen molar-refractivity contribution < 1.29 is 23.7 Å². The van der Waals surface area contributed by atoms with Crippen LogP contribution >= 0.6 is 0 Å². The fraction of sp³-hybridized carbons (Fsp3) is 0.294. The van der Waals surface area contributed by atoms with Gasteiger partial charge in [0.15, 0.2) is 0 Å². The lowest BCUT2D eigenvalue weighted by Crippen LogP contribution is -2.39. The highest BCUT2D eigenvalue weighted by Crippen LogP contribution is 2.31. The average molecular weight is 527 g/mol. The van der Waals surface area contributed by atoms with Crippen molar-refractivity contribution in [3.05, 3.63) is 117 Å². The maximum atomic E-state index is 6.42. The van der Waals surface area contributed by atoms with Gasteiger partial charge in [-0.1, -0.05) is 72.8 Å². The fourth-order valence-corrected chi connectivity index (χ4v) is 4.58. The number of hydrogen-bond acceptors (Lipinski definition) is 5. The smallest absolute Gasteiger partial charge is 0.366 e. The molecule has 5 nitrogen and oxygen atoms in total. The van der Waals surface area contributed by atoms with E-state index in [1.807, 2.05) is 128 Å². The first-order valence-corrected chi connectivity index (χ1v) is 13.2. The van der Waals surface area contributed by atoms with Gasteiger partial charge in [0.05, 0.1) is 0 Å². The van der Waals surface area contributed by atoms with Crippen LogP contribution in [0.3, 0.4) is 0 Å². The Bertz CT molecular complexity index is 1140. The minimum Gasteiger partial charge on any atom is -0.431 e. The summed E-state index contributed by atoms with van der Waals surface area (Å²) in [4.78, 5) is 0. The molecule has 4 aromatic carbocycles. The molecule has 0 spiro atoms. The molecule has 0 radical (unpaired) electrons. The zero-order valence-corrected chi connectivity index (χ0v) is 24.1. The van der Waals surface area contributed by atoms with Crippen molar-refractivity contribution in [1.82, 2.24) is 0 Å². The molecular weight excluding hydrogens is 488 g/mol. The van der Waals surface area contributed by atoms with Gasteiger partial charge >= 0.3 is 13.0 Å². The van der Waals surface area contributed by atoms with Crippen molar-refractivity contribution in [2.24, 2.45) is 0 Å². The highest BCUT2D eigenvalue weighted by molar-refractivity contribution is 5.43. The Labute approximate surface area is 232 Å². The Morgan fingerprint density at radius 2 is 0.513 bits per heavy atom. The third-order valence-electron chi connectivity index (χ3n) is 6.71. The van der Waals surface area contributed by atoms with Crippen LogP contribution < -0.4 is 18.9 Å². The van der Waals surface area contributed by atoms with E-state index in [1.165, 1.54) is 0 Å². The summed E-state index contributed by atoms with van der Waals surface area (Å²) in [6, 6.07) is 24.0. The lowest BCUT2D eigenvalue weighted by Gasteiger charge is -2.29. The fourth-order valence-electron chi connectivity index (χ4n) is 4.58. The Balaban J connectivity index is 1.74. The van der Waals surface area contributed by atoms with Crippen LogP contribution in [-0.2, 0) is 4.74 Å². The van der Waals surface area contributed by atoms with Crippen LogP contribution in [0.25, 0.3) is 0 Å². The standard InChI is InChI=1S/C34H38O5/c1-21-13-9-14-22(2)29(21)35-33(36-30-23(3)15-10-16-24(30)4)39-34(37-31-25(5)17-11-18-26(31)6)38-32-27(7)19-12-20-28(32)8/h9-20,33-34H,1-8H3. The van der Waals surface area contributed by atoms with E-state index in [0.29, 0.717) is 23.0 Å². The van der Waals surface area contributed by atoms with Crippen molar-refractivity contribution in [3.8, 4) is 23.0 Å². The predicted octanol–water partition coefficient (Wildman–Crippen LogP) is 8.35. The Morgan fingerprint density at radius 1 is 0.333 bits per heavy atom. The first kappa shape index (κ1) is 28.1. The summed E-state index contributed by atoms with van der Waals surface area (Å²) in [7, 11) is 0. The average Bonchev–Trinajstić information content (AvgIpc) is 2.88. The molecule has 0 unspecified atom stereocenters.